The lowest BCUT2D eigenvalue weighted by molar-refractivity contribution is -0.145. The molecule has 7 heteroatoms. The summed E-state index contributed by atoms with van der Waals surface area (Å²) in [7, 11) is -0.417. The molecule has 2 atom stereocenters. The van der Waals surface area contributed by atoms with Crippen LogP contribution in [0.1, 0.15) is 27.2 Å². The van der Waals surface area contributed by atoms with Crippen LogP contribution in [0.3, 0.4) is 0 Å². The lowest BCUT2D eigenvalue weighted by Crippen LogP contribution is -2.44. The zero-order chi connectivity index (χ0) is 16.4. The van der Waals surface area contributed by atoms with Crippen LogP contribution in [0.15, 0.2) is 0 Å². The van der Waals surface area contributed by atoms with E-state index >= 15 is 0 Å². The van der Waals surface area contributed by atoms with E-state index in [1.807, 2.05) is 0 Å². The fourth-order valence-corrected chi connectivity index (χ4v) is 3.44. The summed E-state index contributed by atoms with van der Waals surface area (Å²) >= 11 is 0. The van der Waals surface area contributed by atoms with Crippen LogP contribution >= 0.6 is 0 Å². The van der Waals surface area contributed by atoms with Gasteiger partial charge in [-0.25, -0.2) is 9.59 Å². The van der Waals surface area contributed by atoms with Crippen molar-refractivity contribution < 1.29 is 23.5 Å². The SMILES string of the molecule is COC(=O)C1CC(O[Si](C)(C)C)CN1C(=O)OC(C)(C)C. The fraction of sp³-hybridized carbons (Fsp3) is 0.857. The first-order valence-electron chi connectivity index (χ1n) is 7.18. The van der Waals surface area contributed by atoms with Crippen molar-refractivity contribution in [1.82, 2.24) is 4.90 Å². The average Bonchev–Trinajstić information content (AvgIpc) is 2.67. The maximum atomic E-state index is 12.3. The van der Waals surface area contributed by atoms with Gasteiger partial charge in [0.15, 0.2) is 8.32 Å². The van der Waals surface area contributed by atoms with Gasteiger partial charge in [-0.15, -0.1) is 0 Å². The number of esters is 1. The number of rotatable bonds is 3. The molecule has 122 valence electrons. The number of carbonyl (C=O) groups excluding carboxylic acids is 2. The summed E-state index contributed by atoms with van der Waals surface area (Å²) in [5.74, 6) is -0.428. The number of carbonyl (C=O) groups is 2. The summed E-state index contributed by atoms with van der Waals surface area (Å²) in [5.41, 5.74) is -0.602. The first-order valence-corrected chi connectivity index (χ1v) is 10.6. The molecule has 21 heavy (non-hydrogen) atoms. The van der Waals surface area contributed by atoms with Crippen LogP contribution in [-0.2, 0) is 18.7 Å². The molecule has 6 nitrogen and oxygen atoms in total. The van der Waals surface area contributed by atoms with Crippen molar-refractivity contribution in [3.63, 3.8) is 0 Å². The Labute approximate surface area is 127 Å². The summed E-state index contributed by atoms with van der Waals surface area (Å²) < 4.78 is 16.2. The molecular weight excluding hydrogens is 290 g/mol. The lowest BCUT2D eigenvalue weighted by atomic mass is 10.2. The Bertz CT molecular complexity index is 399. The second-order valence-corrected chi connectivity index (χ2v) is 11.7. The molecule has 0 N–H and O–H groups in total. The van der Waals surface area contributed by atoms with Crippen LogP contribution < -0.4 is 0 Å². The molecule has 1 rings (SSSR count). The van der Waals surface area contributed by atoms with E-state index in [2.05, 4.69) is 19.6 Å². The summed E-state index contributed by atoms with van der Waals surface area (Å²) in [4.78, 5) is 25.6. The highest BCUT2D eigenvalue weighted by molar-refractivity contribution is 6.69. The van der Waals surface area contributed by atoms with Crippen molar-refractivity contribution in [2.24, 2.45) is 0 Å². The highest BCUT2D eigenvalue weighted by Gasteiger charge is 2.43. The first kappa shape index (κ1) is 18.0. The van der Waals surface area contributed by atoms with Crippen LogP contribution in [0.2, 0.25) is 19.6 Å². The smallest absolute Gasteiger partial charge is 0.411 e. The topological polar surface area (TPSA) is 65.1 Å². The molecule has 0 aromatic heterocycles. The molecule has 0 spiro atoms. The van der Waals surface area contributed by atoms with E-state index in [1.54, 1.807) is 20.8 Å². The van der Waals surface area contributed by atoms with Crippen molar-refractivity contribution in [2.45, 2.75) is 64.6 Å². The van der Waals surface area contributed by atoms with Crippen LogP contribution in [0.4, 0.5) is 4.79 Å². The second kappa shape index (κ2) is 6.35. The summed E-state index contributed by atoms with van der Waals surface area (Å²) in [5, 5.41) is 0. The van der Waals surface area contributed by atoms with Gasteiger partial charge >= 0.3 is 12.1 Å². The van der Waals surface area contributed by atoms with Gasteiger partial charge in [0.25, 0.3) is 0 Å². The van der Waals surface area contributed by atoms with Crippen LogP contribution in [-0.4, -0.2) is 56.7 Å². The highest BCUT2D eigenvalue weighted by Crippen LogP contribution is 2.26. The number of methoxy groups -OCH3 is 1. The van der Waals surface area contributed by atoms with E-state index in [-0.39, 0.29) is 6.10 Å². The Morgan fingerprint density at radius 2 is 1.76 bits per heavy atom. The van der Waals surface area contributed by atoms with E-state index in [9.17, 15) is 9.59 Å². The minimum Gasteiger partial charge on any atom is -0.467 e. The predicted molar refractivity (Wildman–Crippen MR) is 81.6 cm³/mol. The van der Waals surface area contributed by atoms with Crippen LogP contribution in [0.5, 0.6) is 0 Å². The zero-order valence-corrected chi connectivity index (χ0v) is 15.1. The van der Waals surface area contributed by atoms with Crippen LogP contribution in [0.25, 0.3) is 0 Å². The number of ether oxygens (including phenoxy) is 2. The van der Waals surface area contributed by atoms with Gasteiger partial charge < -0.3 is 13.9 Å². The fourth-order valence-electron chi connectivity index (χ4n) is 2.26. The molecule has 1 saturated heterocycles. The molecule has 0 aromatic carbocycles. The van der Waals surface area contributed by atoms with E-state index in [1.165, 1.54) is 12.0 Å². The molecule has 1 heterocycles. The minimum absolute atomic E-state index is 0.145. The average molecular weight is 317 g/mol. The monoisotopic (exact) mass is 317 g/mol. The Balaban J connectivity index is 2.83. The molecule has 0 aliphatic carbocycles. The molecule has 1 aliphatic heterocycles. The highest BCUT2D eigenvalue weighted by atomic mass is 28.4. The third-order valence-corrected chi connectivity index (χ3v) is 3.92. The van der Waals surface area contributed by atoms with E-state index in [4.69, 9.17) is 13.9 Å². The molecule has 0 saturated carbocycles. The van der Waals surface area contributed by atoms with E-state index in [0.717, 1.165) is 0 Å². The van der Waals surface area contributed by atoms with Gasteiger partial charge in [0.05, 0.1) is 13.2 Å². The standard InChI is InChI=1S/C14H27NO5Si/c1-14(2,3)19-13(17)15-9-10(20-21(5,6)7)8-11(15)12(16)18-4/h10-11H,8-9H2,1-7H3. The largest absolute Gasteiger partial charge is 0.467 e. The summed E-state index contributed by atoms with van der Waals surface area (Å²) in [6, 6.07) is -0.633. The maximum Gasteiger partial charge on any atom is 0.411 e. The number of nitrogens with zero attached hydrogens (tertiary/aromatic N) is 1. The van der Waals surface area contributed by atoms with Gasteiger partial charge in [-0.1, -0.05) is 0 Å². The zero-order valence-electron chi connectivity index (χ0n) is 14.1. The Hall–Kier alpha value is -1.08. The number of hydrogen-bond acceptors (Lipinski definition) is 5. The molecule has 1 amide bonds. The summed E-state index contributed by atoms with van der Waals surface area (Å²) in [6.45, 7) is 12.0. The van der Waals surface area contributed by atoms with Crippen molar-refractivity contribution in [1.29, 1.82) is 0 Å². The number of hydrogen-bond donors (Lipinski definition) is 0. The number of amides is 1. The third kappa shape index (κ3) is 5.66. The molecule has 1 aliphatic rings. The number of likely N-dealkylation sites (tertiary alicyclic amines) is 1. The normalized spacial score (nSPS) is 23.1. The second-order valence-electron chi connectivity index (χ2n) is 7.26. The van der Waals surface area contributed by atoms with Crippen molar-refractivity contribution in [2.75, 3.05) is 13.7 Å². The first-order chi connectivity index (χ1) is 9.43. The van der Waals surface area contributed by atoms with Crippen molar-refractivity contribution in [3.8, 4) is 0 Å². The third-order valence-electron chi connectivity index (χ3n) is 2.88. The van der Waals surface area contributed by atoms with Gasteiger partial charge in [-0.2, -0.15) is 0 Å². The van der Waals surface area contributed by atoms with E-state index < -0.39 is 32.0 Å². The summed E-state index contributed by atoms with van der Waals surface area (Å²) in [6.07, 6.45) is -0.191. The quantitative estimate of drug-likeness (QED) is 0.591. The van der Waals surface area contributed by atoms with Crippen LogP contribution in [0, 0.1) is 0 Å². The van der Waals surface area contributed by atoms with Gasteiger partial charge in [0.1, 0.15) is 11.6 Å². The Kier molecular flexibility index (Phi) is 5.44. The molecule has 1 fully saturated rings. The minimum atomic E-state index is -1.74. The Morgan fingerprint density at radius 3 is 2.19 bits per heavy atom. The van der Waals surface area contributed by atoms with Gasteiger partial charge in [0, 0.05) is 13.0 Å². The van der Waals surface area contributed by atoms with Gasteiger partial charge in [-0.05, 0) is 40.4 Å². The molecule has 2 unspecified atom stereocenters. The van der Waals surface area contributed by atoms with E-state index in [0.29, 0.717) is 13.0 Å². The van der Waals surface area contributed by atoms with Crippen molar-refractivity contribution >= 4 is 20.4 Å². The predicted octanol–water partition coefficient (Wildman–Crippen LogP) is 2.39. The molecule has 0 radical (unpaired) electrons. The van der Waals surface area contributed by atoms with Gasteiger partial charge in [0.2, 0.25) is 0 Å². The lowest BCUT2D eigenvalue weighted by Gasteiger charge is -2.27. The Morgan fingerprint density at radius 1 is 1.19 bits per heavy atom. The van der Waals surface area contributed by atoms with Gasteiger partial charge in [-0.3, -0.25) is 4.90 Å². The molecule has 0 aromatic rings. The molecule has 0 bridgehead atoms. The maximum absolute atomic E-state index is 12.3. The van der Waals surface area contributed by atoms with Crippen molar-refractivity contribution in [3.05, 3.63) is 0 Å². The molecular formula is C14H27NO5Si.